The summed E-state index contributed by atoms with van der Waals surface area (Å²) in [6, 6.07) is 19.2. The summed E-state index contributed by atoms with van der Waals surface area (Å²) in [5.74, 6) is -0.759. The molecule has 1 fully saturated rings. The summed E-state index contributed by atoms with van der Waals surface area (Å²) in [6.45, 7) is 0.591. The summed E-state index contributed by atoms with van der Waals surface area (Å²) in [4.78, 5) is 25.9. The average molecular weight is 321 g/mol. The Hall–Kier alpha value is -2.88. The Bertz CT molecular complexity index is 725. The Morgan fingerprint density at radius 1 is 1.08 bits per heavy atom. The predicted molar refractivity (Wildman–Crippen MR) is 93.3 cm³/mol. The van der Waals surface area contributed by atoms with Crippen LogP contribution in [0.5, 0.6) is 0 Å². The molecule has 2 aromatic rings. The van der Waals surface area contributed by atoms with Gasteiger partial charge in [-0.1, -0.05) is 54.6 Å². The molecule has 0 saturated carbocycles. The zero-order valence-electron chi connectivity index (χ0n) is 13.3. The van der Waals surface area contributed by atoms with E-state index in [-0.39, 0.29) is 24.9 Å². The maximum Gasteiger partial charge on any atom is 0.311 e. The Morgan fingerprint density at radius 2 is 1.75 bits per heavy atom. The molecule has 0 unspecified atom stereocenters. The molecule has 1 atom stereocenters. The van der Waals surface area contributed by atoms with E-state index in [1.54, 1.807) is 11.0 Å². The van der Waals surface area contributed by atoms with Crippen molar-refractivity contribution >= 4 is 23.6 Å². The SMILES string of the molecule is O=C(OC/C=C/c1ccccc1)[C@H]1CC(=O)N(c2ccccc2)C1. The van der Waals surface area contributed by atoms with Crippen molar-refractivity contribution in [1.29, 1.82) is 0 Å². The van der Waals surface area contributed by atoms with E-state index in [0.29, 0.717) is 6.54 Å². The van der Waals surface area contributed by atoms with Crippen molar-refractivity contribution < 1.29 is 14.3 Å². The summed E-state index contributed by atoms with van der Waals surface area (Å²) in [5, 5.41) is 0. The predicted octanol–water partition coefficient (Wildman–Crippen LogP) is 3.30. The number of benzene rings is 2. The van der Waals surface area contributed by atoms with Crippen molar-refractivity contribution in [2.45, 2.75) is 6.42 Å². The monoisotopic (exact) mass is 321 g/mol. The Labute approximate surface area is 141 Å². The van der Waals surface area contributed by atoms with Crippen LogP contribution in [-0.2, 0) is 14.3 Å². The fourth-order valence-electron chi connectivity index (χ4n) is 2.72. The van der Waals surface area contributed by atoms with Crippen LogP contribution in [0.4, 0.5) is 5.69 Å². The molecule has 1 aliphatic rings. The van der Waals surface area contributed by atoms with Gasteiger partial charge in [0.1, 0.15) is 6.61 Å². The molecule has 1 saturated heterocycles. The van der Waals surface area contributed by atoms with Crippen molar-refractivity contribution in [3.8, 4) is 0 Å². The van der Waals surface area contributed by atoms with Gasteiger partial charge in [0, 0.05) is 18.7 Å². The van der Waals surface area contributed by atoms with Gasteiger partial charge in [-0.05, 0) is 23.8 Å². The molecule has 0 N–H and O–H groups in total. The second-order valence-corrected chi connectivity index (χ2v) is 5.68. The van der Waals surface area contributed by atoms with Crippen molar-refractivity contribution in [3.05, 3.63) is 72.3 Å². The van der Waals surface area contributed by atoms with Crippen LogP contribution in [0.25, 0.3) is 6.08 Å². The number of para-hydroxylation sites is 1. The average Bonchev–Trinajstić information content (AvgIpc) is 3.02. The Morgan fingerprint density at radius 3 is 2.46 bits per heavy atom. The molecule has 3 rings (SSSR count). The number of carbonyl (C=O) groups excluding carboxylic acids is 2. The third-order valence-electron chi connectivity index (χ3n) is 3.96. The van der Waals surface area contributed by atoms with Gasteiger partial charge in [0.15, 0.2) is 0 Å². The molecular weight excluding hydrogens is 302 g/mol. The summed E-state index contributed by atoms with van der Waals surface area (Å²) in [6.07, 6.45) is 3.92. The fourth-order valence-corrected chi connectivity index (χ4v) is 2.72. The third-order valence-corrected chi connectivity index (χ3v) is 3.96. The first kappa shape index (κ1) is 16.0. The molecule has 0 radical (unpaired) electrons. The Balaban J connectivity index is 1.51. The molecule has 1 aliphatic heterocycles. The highest BCUT2D eigenvalue weighted by molar-refractivity contribution is 5.99. The summed E-state index contributed by atoms with van der Waals surface area (Å²) in [5.41, 5.74) is 1.88. The topological polar surface area (TPSA) is 46.6 Å². The number of hydrogen-bond donors (Lipinski definition) is 0. The number of nitrogens with zero attached hydrogens (tertiary/aromatic N) is 1. The molecule has 1 heterocycles. The van der Waals surface area contributed by atoms with E-state index in [4.69, 9.17) is 4.74 Å². The van der Waals surface area contributed by atoms with E-state index < -0.39 is 5.92 Å². The van der Waals surface area contributed by atoms with Gasteiger partial charge in [-0.2, -0.15) is 0 Å². The van der Waals surface area contributed by atoms with E-state index in [9.17, 15) is 9.59 Å². The lowest BCUT2D eigenvalue weighted by Gasteiger charge is -2.16. The lowest BCUT2D eigenvalue weighted by molar-refractivity contribution is -0.147. The smallest absolute Gasteiger partial charge is 0.311 e. The van der Waals surface area contributed by atoms with Gasteiger partial charge in [0.2, 0.25) is 5.91 Å². The number of ether oxygens (including phenoxy) is 1. The van der Waals surface area contributed by atoms with Crippen molar-refractivity contribution in [2.75, 3.05) is 18.1 Å². The lowest BCUT2D eigenvalue weighted by atomic mass is 10.1. The van der Waals surface area contributed by atoms with Gasteiger partial charge in [0.05, 0.1) is 5.92 Å². The molecule has 0 aliphatic carbocycles. The quantitative estimate of drug-likeness (QED) is 0.794. The molecule has 4 nitrogen and oxygen atoms in total. The Kier molecular flexibility index (Phi) is 5.06. The second-order valence-electron chi connectivity index (χ2n) is 5.68. The standard InChI is InChI=1S/C20H19NO3/c22-19-14-17(15-21(19)18-11-5-2-6-12-18)20(23)24-13-7-10-16-8-3-1-4-9-16/h1-12,17H,13-15H2/b10-7+/t17-/m0/s1. The molecule has 122 valence electrons. The van der Waals surface area contributed by atoms with Crippen LogP contribution in [-0.4, -0.2) is 25.0 Å². The first-order valence-corrected chi connectivity index (χ1v) is 7.97. The minimum absolute atomic E-state index is 0.0389. The van der Waals surface area contributed by atoms with Crippen LogP contribution in [0.2, 0.25) is 0 Å². The van der Waals surface area contributed by atoms with E-state index in [1.165, 1.54) is 0 Å². The molecule has 0 bridgehead atoms. The third kappa shape index (κ3) is 3.90. The highest BCUT2D eigenvalue weighted by atomic mass is 16.5. The highest BCUT2D eigenvalue weighted by Crippen LogP contribution is 2.25. The zero-order chi connectivity index (χ0) is 16.8. The fraction of sp³-hybridized carbons (Fsp3) is 0.200. The van der Waals surface area contributed by atoms with Gasteiger partial charge in [0.25, 0.3) is 0 Å². The van der Waals surface area contributed by atoms with Crippen LogP contribution in [0.15, 0.2) is 66.7 Å². The zero-order valence-corrected chi connectivity index (χ0v) is 13.3. The van der Waals surface area contributed by atoms with Crippen molar-refractivity contribution in [2.24, 2.45) is 5.92 Å². The van der Waals surface area contributed by atoms with Gasteiger partial charge >= 0.3 is 5.97 Å². The lowest BCUT2D eigenvalue weighted by Crippen LogP contribution is -2.26. The van der Waals surface area contributed by atoms with Crippen molar-refractivity contribution in [1.82, 2.24) is 0 Å². The van der Waals surface area contributed by atoms with Gasteiger partial charge < -0.3 is 9.64 Å². The number of hydrogen-bond acceptors (Lipinski definition) is 3. The first-order valence-electron chi connectivity index (χ1n) is 7.97. The largest absolute Gasteiger partial charge is 0.461 e. The van der Waals surface area contributed by atoms with Crippen LogP contribution >= 0.6 is 0 Å². The molecular formula is C20H19NO3. The van der Waals surface area contributed by atoms with Gasteiger partial charge in [-0.15, -0.1) is 0 Å². The van der Waals surface area contributed by atoms with Crippen LogP contribution in [0.1, 0.15) is 12.0 Å². The van der Waals surface area contributed by atoms with Crippen LogP contribution in [0, 0.1) is 5.92 Å². The molecule has 0 spiro atoms. The van der Waals surface area contributed by atoms with E-state index in [2.05, 4.69) is 0 Å². The maximum atomic E-state index is 12.1. The number of amides is 1. The summed E-state index contributed by atoms with van der Waals surface area (Å²) >= 11 is 0. The second kappa shape index (κ2) is 7.59. The number of anilines is 1. The normalized spacial score (nSPS) is 17.4. The summed E-state index contributed by atoms with van der Waals surface area (Å²) < 4.78 is 5.28. The number of esters is 1. The van der Waals surface area contributed by atoms with E-state index in [1.807, 2.05) is 66.7 Å². The van der Waals surface area contributed by atoms with Crippen LogP contribution < -0.4 is 4.90 Å². The van der Waals surface area contributed by atoms with Crippen molar-refractivity contribution in [3.63, 3.8) is 0 Å². The first-order chi connectivity index (χ1) is 11.7. The highest BCUT2D eigenvalue weighted by Gasteiger charge is 2.35. The summed E-state index contributed by atoms with van der Waals surface area (Å²) in [7, 11) is 0. The molecule has 4 heteroatoms. The maximum absolute atomic E-state index is 12.1. The van der Waals surface area contributed by atoms with E-state index in [0.717, 1.165) is 11.3 Å². The minimum Gasteiger partial charge on any atom is -0.461 e. The van der Waals surface area contributed by atoms with Gasteiger partial charge in [-0.3, -0.25) is 9.59 Å². The molecule has 2 aromatic carbocycles. The number of carbonyl (C=O) groups is 2. The number of rotatable bonds is 5. The minimum atomic E-state index is -0.400. The molecule has 0 aromatic heterocycles. The van der Waals surface area contributed by atoms with Gasteiger partial charge in [-0.25, -0.2) is 0 Å². The molecule has 24 heavy (non-hydrogen) atoms. The van der Waals surface area contributed by atoms with Crippen LogP contribution in [0.3, 0.4) is 0 Å². The molecule has 1 amide bonds. The van der Waals surface area contributed by atoms with E-state index >= 15 is 0 Å².